The molecule has 0 saturated carbocycles. The molecule has 0 aliphatic carbocycles. The second-order valence-electron chi connectivity index (χ2n) is 6.64. The van der Waals surface area contributed by atoms with Crippen LogP contribution in [0, 0.1) is 6.92 Å². The number of hydrogen-bond donors (Lipinski definition) is 0. The minimum absolute atomic E-state index is 0.357. The van der Waals surface area contributed by atoms with Crippen molar-refractivity contribution in [2.75, 3.05) is 0 Å². The van der Waals surface area contributed by atoms with E-state index in [0.717, 1.165) is 15.6 Å². The van der Waals surface area contributed by atoms with E-state index in [1.54, 1.807) is 41.0 Å². The van der Waals surface area contributed by atoms with E-state index in [9.17, 15) is 9.59 Å². The summed E-state index contributed by atoms with van der Waals surface area (Å²) in [5, 5.41) is 1.01. The number of fused-ring (bicyclic) bond motifs is 1. The van der Waals surface area contributed by atoms with Crippen molar-refractivity contribution in [1.82, 2.24) is 9.13 Å². The molecule has 0 aliphatic heterocycles. The van der Waals surface area contributed by atoms with Gasteiger partial charge in [0.25, 0.3) is 5.56 Å². The molecule has 0 saturated heterocycles. The van der Waals surface area contributed by atoms with Crippen molar-refractivity contribution in [2.45, 2.75) is 13.5 Å². The molecular formula is C22H16BrClN2O2. The van der Waals surface area contributed by atoms with Crippen molar-refractivity contribution in [2.24, 2.45) is 0 Å². The largest absolute Gasteiger partial charge is 0.336 e. The first-order chi connectivity index (χ1) is 13.4. The maximum absolute atomic E-state index is 13.3. The second-order valence-corrected chi connectivity index (χ2v) is 7.99. The maximum atomic E-state index is 13.3. The van der Waals surface area contributed by atoms with Gasteiger partial charge in [-0.15, -0.1) is 0 Å². The minimum Gasteiger partial charge on any atom is -0.288 e. The van der Waals surface area contributed by atoms with E-state index in [1.165, 1.54) is 4.57 Å². The summed E-state index contributed by atoms with van der Waals surface area (Å²) >= 11 is 9.39. The second kappa shape index (κ2) is 7.41. The highest BCUT2D eigenvalue weighted by atomic mass is 79.9. The number of benzene rings is 3. The van der Waals surface area contributed by atoms with E-state index in [2.05, 4.69) is 15.9 Å². The number of nitrogens with zero attached hydrogens (tertiary/aromatic N) is 2. The van der Waals surface area contributed by atoms with Gasteiger partial charge in [0.05, 0.1) is 23.1 Å². The number of rotatable bonds is 3. The Morgan fingerprint density at radius 1 is 0.964 bits per heavy atom. The average molecular weight is 456 g/mol. The molecule has 0 bridgehead atoms. The molecule has 1 heterocycles. The summed E-state index contributed by atoms with van der Waals surface area (Å²) in [5.74, 6) is 0. The molecule has 1 aromatic heterocycles. The lowest BCUT2D eigenvalue weighted by Gasteiger charge is -2.15. The third-order valence-corrected chi connectivity index (χ3v) is 5.36. The molecule has 0 unspecified atom stereocenters. The highest BCUT2D eigenvalue weighted by Crippen LogP contribution is 2.19. The molecule has 28 heavy (non-hydrogen) atoms. The Morgan fingerprint density at radius 2 is 1.71 bits per heavy atom. The molecule has 0 radical (unpaired) electrons. The fourth-order valence-corrected chi connectivity index (χ4v) is 3.80. The fourth-order valence-electron chi connectivity index (χ4n) is 3.31. The van der Waals surface area contributed by atoms with E-state index < -0.39 is 0 Å². The van der Waals surface area contributed by atoms with Crippen LogP contribution in [-0.2, 0) is 6.54 Å². The molecular weight excluding hydrogens is 440 g/mol. The fraction of sp³-hybridized carbons (Fsp3) is 0.0909. The van der Waals surface area contributed by atoms with Crippen LogP contribution in [0.25, 0.3) is 16.6 Å². The molecule has 4 aromatic rings. The Morgan fingerprint density at radius 3 is 2.43 bits per heavy atom. The lowest BCUT2D eigenvalue weighted by molar-refractivity contribution is 0.714. The predicted molar refractivity (Wildman–Crippen MR) is 117 cm³/mol. The van der Waals surface area contributed by atoms with Crippen molar-refractivity contribution in [3.63, 3.8) is 0 Å². The van der Waals surface area contributed by atoms with Crippen LogP contribution < -0.4 is 11.2 Å². The van der Waals surface area contributed by atoms with Gasteiger partial charge in [-0.2, -0.15) is 0 Å². The van der Waals surface area contributed by atoms with E-state index in [-0.39, 0.29) is 11.2 Å². The van der Waals surface area contributed by atoms with E-state index in [0.29, 0.717) is 28.2 Å². The van der Waals surface area contributed by atoms with Gasteiger partial charge in [-0.05, 0) is 55.0 Å². The molecule has 3 aromatic carbocycles. The quantitative estimate of drug-likeness (QED) is 0.440. The summed E-state index contributed by atoms with van der Waals surface area (Å²) in [6.45, 7) is 2.38. The Hall–Kier alpha value is -2.63. The van der Waals surface area contributed by atoms with Gasteiger partial charge in [-0.25, -0.2) is 9.36 Å². The van der Waals surface area contributed by atoms with E-state index in [4.69, 9.17) is 11.6 Å². The lowest BCUT2D eigenvalue weighted by Crippen LogP contribution is -2.39. The maximum Gasteiger partial charge on any atom is 0.336 e. The molecule has 0 spiro atoms. The topological polar surface area (TPSA) is 44.0 Å². The van der Waals surface area contributed by atoms with Gasteiger partial charge >= 0.3 is 5.69 Å². The van der Waals surface area contributed by atoms with Crippen molar-refractivity contribution in [3.05, 3.63) is 108 Å². The molecule has 0 amide bonds. The van der Waals surface area contributed by atoms with Crippen LogP contribution in [0.5, 0.6) is 0 Å². The Balaban J connectivity index is 2.04. The standard InChI is InChI=1S/C22H16BrClN2O2/c1-14-3-2-4-15(11-14)13-25-20-10-5-16(23)12-19(20)21(27)26(22(25)28)18-8-6-17(24)7-9-18/h2-12H,13H2,1H3. The summed E-state index contributed by atoms with van der Waals surface area (Å²) < 4.78 is 3.61. The lowest BCUT2D eigenvalue weighted by atomic mass is 10.1. The SMILES string of the molecule is Cc1cccc(Cn2c(=O)n(-c3ccc(Cl)cc3)c(=O)c3cc(Br)ccc32)c1. The normalized spacial score (nSPS) is 11.1. The smallest absolute Gasteiger partial charge is 0.288 e. The van der Waals surface area contributed by atoms with Crippen LogP contribution in [0.2, 0.25) is 5.02 Å². The number of aryl methyl sites for hydroxylation is 1. The van der Waals surface area contributed by atoms with Crippen LogP contribution in [0.3, 0.4) is 0 Å². The zero-order valence-electron chi connectivity index (χ0n) is 15.0. The highest BCUT2D eigenvalue weighted by Gasteiger charge is 2.15. The summed E-state index contributed by atoms with van der Waals surface area (Å²) in [5.41, 5.74) is 2.45. The van der Waals surface area contributed by atoms with Gasteiger partial charge < -0.3 is 0 Å². The number of halogens is 2. The Bertz CT molecular complexity index is 1310. The molecule has 6 heteroatoms. The first-order valence-electron chi connectivity index (χ1n) is 8.70. The first kappa shape index (κ1) is 18.7. The molecule has 0 N–H and O–H groups in total. The van der Waals surface area contributed by atoms with Crippen LogP contribution >= 0.6 is 27.5 Å². The number of aromatic nitrogens is 2. The van der Waals surface area contributed by atoms with Crippen molar-refractivity contribution >= 4 is 38.4 Å². The zero-order valence-corrected chi connectivity index (χ0v) is 17.4. The monoisotopic (exact) mass is 454 g/mol. The Kier molecular flexibility index (Phi) is 4.96. The summed E-state index contributed by atoms with van der Waals surface area (Å²) in [7, 11) is 0. The van der Waals surface area contributed by atoms with Gasteiger partial charge in [0.15, 0.2) is 0 Å². The van der Waals surface area contributed by atoms with Crippen molar-refractivity contribution in [1.29, 1.82) is 0 Å². The minimum atomic E-state index is -0.386. The molecule has 0 fully saturated rings. The molecule has 4 nitrogen and oxygen atoms in total. The summed E-state index contributed by atoms with van der Waals surface area (Å²) in [4.78, 5) is 26.5. The van der Waals surface area contributed by atoms with E-state index >= 15 is 0 Å². The van der Waals surface area contributed by atoms with Crippen LogP contribution in [-0.4, -0.2) is 9.13 Å². The third kappa shape index (κ3) is 3.43. The van der Waals surface area contributed by atoms with Crippen molar-refractivity contribution < 1.29 is 0 Å². The number of hydrogen-bond acceptors (Lipinski definition) is 2. The van der Waals surface area contributed by atoms with Crippen LogP contribution in [0.4, 0.5) is 0 Å². The van der Waals surface area contributed by atoms with Crippen LogP contribution in [0.15, 0.2) is 80.8 Å². The molecule has 4 rings (SSSR count). The van der Waals surface area contributed by atoms with Gasteiger partial charge in [-0.1, -0.05) is 57.4 Å². The zero-order chi connectivity index (χ0) is 19.8. The molecule has 0 atom stereocenters. The summed E-state index contributed by atoms with van der Waals surface area (Å²) in [6, 6.07) is 20.0. The third-order valence-electron chi connectivity index (χ3n) is 4.61. The van der Waals surface area contributed by atoms with Crippen LogP contribution in [0.1, 0.15) is 11.1 Å². The van der Waals surface area contributed by atoms with E-state index in [1.807, 2.05) is 37.3 Å². The van der Waals surface area contributed by atoms with Crippen molar-refractivity contribution in [3.8, 4) is 5.69 Å². The van der Waals surface area contributed by atoms with Gasteiger partial charge in [0.1, 0.15) is 0 Å². The van der Waals surface area contributed by atoms with Gasteiger partial charge in [0, 0.05) is 9.50 Å². The average Bonchev–Trinajstić information content (AvgIpc) is 2.67. The first-order valence-corrected chi connectivity index (χ1v) is 9.88. The summed E-state index contributed by atoms with van der Waals surface area (Å²) in [6.07, 6.45) is 0. The van der Waals surface area contributed by atoms with Gasteiger partial charge in [-0.3, -0.25) is 9.36 Å². The Labute approximate surface area is 174 Å². The van der Waals surface area contributed by atoms with Gasteiger partial charge in [0.2, 0.25) is 0 Å². The predicted octanol–water partition coefficient (Wildman–Crippen LogP) is 4.93. The molecule has 0 aliphatic rings. The highest BCUT2D eigenvalue weighted by molar-refractivity contribution is 9.10. The molecule has 140 valence electrons.